The van der Waals surface area contributed by atoms with E-state index in [1.807, 2.05) is 32.9 Å². The zero-order valence-electron chi connectivity index (χ0n) is 21.6. The number of carbonyl (C=O) groups is 1. The number of alkyl carbamates (subject to hydrolysis) is 1. The fourth-order valence-corrected chi connectivity index (χ4v) is 3.74. The Kier molecular flexibility index (Phi) is 12.1. The third kappa shape index (κ3) is 11.1. The van der Waals surface area contributed by atoms with Gasteiger partial charge in [0.05, 0.1) is 6.04 Å². The number of ether oxygens (including phenoxy) is 1. The summed E-state index contributed by atoms with van der Waals surface area (Å²) in [5, 5.41) is 6.83. The number of aromatic nitrogens is 2. The van der Waals surface area contributed by atoms with Crippen molar-refractivity contribution in [3.05, 3.63) is 35.7 Å². The van der Waals surface area contributed by atoms with Gasteiger partial charge in [0.15, 0.2) is 0 Å². The number of nitrogens with one attached hydrogen (secondary N) is 1. The molecule has 0 saturated heterocycles. The van der Waals surface area contributed by atoms with Crippen molar-refractivity contribution in [3.63, 3.8) is 0 Å². The fourth-order valence-electron chi connectivity index (χ4n) is 3.74. The van der Waals surface area contributed by atoms with Gasteiger partial charge in [0.25, 0.3) is 0 Å². The summed E-state index contributed by atoms with van der Waals surface area (Å²) in [5.41, 5.74) is 7.96. The number of carbonyl (C=O) groups excluding carboxylic acids is 1. The minimum Gasteiger partial charge on any atom is -0.444 e. The van der Waals surface area contributed by atoms with E-state index in [9.17, 15) is 4.79 Å². The Balaban J connectivity index is 1.69. The topological polar surface area (TPSA) is 103 Å². The Bertz CT molecular complexity index is 827. The van der Waals surface area contributed by atoms with Crippen molar-refractivity contribution in [1.29, 1.82) is 0 Å². The fraction of sp³-hybridized carbons (Fsp3) is 0.667. The molecule has 2 rings (SSSR count). The zero-order valence-corrected chi connectivity index (χ0v) is 21.6. The summed E-state index contributed by atoms with van der Waals surface area (Å²) >= 11 is 0. The minimum atomic E-state index is -0.508. The molecule has 0 fully saturated rings. The molecule has 0 bridgehead atoms. The molecule has 1 aromatic heterocycles. The predicted molar refractivity (Wildman–Crippen MR) is 136 cm³/mol. The first kappa shape index (κ1) is 27.8. The highest BCUT2D eigenvalue weighted by molar-refractivity contribution is 5.67. The largest absolute Gasteiger partial charge is 0.444 e. The summed E-state index contributed by atoms with van der Waals surface area (Å²) in [5.74, 6) is 0.964. The second kappa shape index (κ2) is 14.8. The Morgan fingerprint density at radius 1 is 1.03 bits per heavy atom. The second-order valence-electron chi connectivity index (χ2n) is 10.1. The summed E-state index contributed by atoms with van der Waals surface area (Å²) in [4.78, 5) is 16.2. The van der Waals surface area contributed by atoms with Crippen LogP contribution in [0.2, 0.25) is 0 Å². The Hall–Kier alpha value is -2.41. The van der Waals surface area contributed by atoms with Gasteiger partial charge in [-0.3, -0.25) is 0 Å². The lowest BCUT2D eigenvalue weighted by Crippen LogP contribution is -2.33. The molecule has 0 unspecified atom stereocenters. The van der Waals surface area contributed by atoms with Gasteiger partial charge >= 0.3 is 6.09 Å². The van der Waals surface area contributed by atoms with Crippen LogP contribution in [0.5, 0.6) is 0 Å². The molecule has 0 radical (unpaired) electrons. The van der Waals surface area contributed by atoms with Crippen LogP contribution in [0.3, 0.4) is 0 Å². The van der Waals surface area contributed by atoms with Crippen LogP contribution < -0.4 is 11.1 Å². The monoisotopic (exact) mass is 472 g/mol. The first-order chi connectivity index (χ1) is 16.3. The number of amides is 1. The van der Waals surface area contributed by atoms with Gasteiger partial charge in [-0.1, -0.05) is 81.3 Å². The van der Waals surface area contributed by atoms with Gasteiger partial charge in [-0.15, -0.1) is 0 Å². The maximum absolute atomic E-state index is 11.7. The summed E-state index contributed by atoms with van der Waals surface area (Å²) in [6.07, 6.45) is 12.7. The molecule has 1 heterocycles. The van der Waals surface area contributed by atoms with E-state index in [2.05, 4.69) is 34.5 Å². The lowest BCUT2D eigenvalue weighted by atomic mass is 10.0. The quantitative estimate of drug-likeness (QED) is 0.279. The van der Waals surface area contributed by atoms with Crippen molar-refractivity contribution in [2.24, 2.45) is 5.73 Å². The number of unbranched alkanes of at least 4 members (excludes halogenated alkanes) is 7. The van der Waals surface area contributed by atoms with Gasteiger partial charge in [0.2, 0.25) is 11.7 Å². The van der Waals surface area contributed by atoms with Crippen LogP contribution in [0, 0.1) is 0 Å². The molecule has 1 atom stereocenters. The molecule has 1 amide bonds. The molecule has 2 aromatic rings. The van der Waals surface area contributed by atoms with Crippen LogP contribution >= 0.6 is 0 Å². The van der Waals surface area contributed by atoms with Gasteiger partial charge in [-0.05, 0) is 52.0 Å². The maximum atomic E-state index is 11.7. The normalized spacial score (nSPS) is 12.5. The van der Waals surface area contributed by atoms with E-state index in [1.165, 1.54) is 56.9 Å². The highest BCUT2D eigenvalue weighted by Crippen LogP contribution is 2.21. The van der Waals surface area contributed by atoms with Gasteiger partial charge < -0.3 is 20.3 Å². The number of benzene rings is 1. The van der Waals surface area contributed by atoms with Crippen molar-refractivity contribution in [2.75, 3.05) is 6.54 Å². The molecule has 0 aliphatic rings. The second-order valence-corrected chi connectivity index (χ2v) is 10.1. The first-order valence-electron chi connectivity index (χ1n) is 12.9. The van der Waals surface area contributed by atoms with E-state index in [0.717, 1.165) is 12.0 Å². The number of hydrogen-bond donors (Lipinski definition) is 2. The van der Waals surface area contributed by atoms with E-state index < -0.39 is 11.7 Å². The molecule has 190 valence electrons. The molecular weight excluding hydrogens is 428 g/mol. The summed E-state index contributed by atoms with van der Waals surface area (Å²) < 4.78 is 10.6. The minimum absolute atomic E-state index is 0.372. The van der Waals surface area contributed by atoms with Gasteiger partial charge in [0, 0.05) is 12.1 Å². The number of hydrogen-bond acceptors (Lipinski definition) is 6. The predicted octanol–water partition coefficient (Wildman–Crippen LogP) is 6.72. The molecule has 3 N–H and O–H groups in total. The zero-order chi connectivity index (χ0) is 24.8. The SMILES string of the molecule is CCCCCCCCCCc1ccc(-c2noc([C@@H](N)CCCNC(=O)OC(C)(C)C)n2)cc1. The van der Waals surface area contributed by atoms with Crippen LogP contribution in [-0.4, -0.2) is 28.4 Å². The lowest BCUT2D eigenvalue weighted by Gasteiger charge is -2.19. The smallest absolute Gasteiger partial charge is 0.407 e. The Morgan fingerprint density at radius 2 is 1.68 bits per heavy atom. The number of nitrogens with zero attached hydrogens (tertiary/aromatic N) is 2. The molecule has 7 heteroatoms. The van der Waals surface area contributed by atoms with Crippen molar-refractivity contribution < 1.29 is 14.1 Å². The van der Waals surface area contributed by atoms with Crippen molar-refractivity contribution in [2.45, 2.75) is 110 Å². The average molecular weight is 473 g/mol. The van der Waals surface area contributed by atoms with Gasteiger partial charge in [-0.25, -0.2) is 4.79 Å². The lowest BCUT2D eigenvalue weighted by molar-refractivity contribution is 0.0526. The summed E-state index contributed by atoms with van der Waals surface area (Å²) in [6, 6.07) is 8.02. The molecule has 0 aliphatic heterocycles. The van der Waals surface area contributed by atoms with E-state index in [4.69, 9.17) is 15.0 Å². The van der Waals surface area contributed by atoms with Crippen LogP contribution in [0.15, 0.2) is 28.8 Å². The number of nitrogens with two attached hydrogens (primary N) is 1. The van der Waals surface area contributed by atoms with E-state index in [-0.39, 0.29) is 6.04 Å². The number of aryl methyl sites for hydroxylation is 1. The molecule has 0 aliphatic carbocycles. The van der Waals surface area contributed by atoms with E-state index in [0.29, 0.717) is 31.1 Å². The third-order valence-electron chi connectivity index (χ3n) is 5.65. The van der Waals surface area contributed by atoms with Crippen LogP contribution in [0.4, 0.5) is 4.79 Å². The highest BCUT2D eigenvalue weighted by atomic mass is 16.6. The maximum Gasteiger partial charge on any atom is 0.407 e. The molecule has 1 aromatic carbocycles. The molecule has 7 nitrogen and oxygen atoms in total. The summed E-state index contributed by atoms with van der Waals surface area (Å²) in [6.45, 7) is 8.24. The van der Waals surface area contributed by atoms with Crippen LogP contribution in [0.25, 0.3) is 11.4 Å². The van der Waals surface area contributed by atoms with Gasteiger partial charge in [-0.2, -0.15) is 4.98 Å². The van der Waals surface area contributed by atoms with E-state index >= 15 is 0 Å². The molecule has 0 spiro atoms. The van der Waals surface area contributed by atoms with Crippen molar-refractivity contribution in [3.8, 4) is 11.4 Å². The molecule has 0 saturated carbocycles. The van der Waals surface area contributed by atoms with Crippen LogP contribution in [-0.2, 0) is 11.2 Å². The first-order valence-corrected chi connectivity index (χ1v) is 12.9. The standard InChI is InChI=1S/C27H44N4O3/c1-5-6-7-8-9-10-11-12-14-21-16-18-22(19-17-21)24-30-25(34-31-24)23(28)15-13-20-29-26(32)33-27(2,3)4/h16-19,23H,5-15,20,28H2,1-4H3,(H,29,32)/t23-/m0/s1. The third-order valence-corrected chi connectivity index (χ3v) is 5.65. The Morgan fingerprint density at radius 3 is 2.32 bits per heavy atom. The molecular formula is C27H44N4O3. The molecule has 34 heavy (non-hydrogen) atoms. The Labute approximate surface area is 205 Å². The van der Waals surface area contributed by atoms with Crippen molar-refractivity contribution >= 4 is 6.09 Å². The van der Waals surface area contributed by atoms with E-state index in [1.54, 1.807) is 0 Å². The highest BCUT2D eigenvalue weighted by Gasteiger charge is 2.17. The van der Waals surface area contributed by atoms with Crippen LogP contribution in [0.1, 0.15) is 109 Å². The average Bonchev–Trinajstić information content (AvgIpc) is 3.28. The summed E-state index contributed by atoms with van der Waals surface area (Å²) in [7, 11) is 0. The van der Waals surface area contributed by atoms with Crippen molar-refractivity contribution in [1.82, 2.24) is 15.5 Å². The number of rotatable bonds is 15. The van der Waals surface area contributed by atoms with Gasteiger partial charge in [0.1, 0.15) is 5.60 Å².